The number of carbonyl (C=O) groups is 1. The van der Waals surface area contributed by atoms with Crippen LogP contribution in [0.4, 0.5) is 8.78 Å². The minimum absolute atomic E-state index is 0.0237. The predicted octanol–water partition coefficient (Wildman–Crippen LogP) is 6.21. The van der Waals surface area contributed by atoms with Gasteiger partial charge in [-0.05, 0) is 69.8 Å². The Labute approximate surface area is 261 Å². The van der Waals surface area contributed by atoms with E-state index in [4.69, 9.17) is 16.6 Å². The van der Waals surface area contributed by atoms with Crippen molar-refractivity contribution in [1.82, 2.24) is 19.4 Å². The van der Waals surface area contributed by atoms with Crippen LogP contribution in [-0.4, -0.2) is 55.6 Å². The van der Waals surface area contributed by atoms with Crippen molar-refractivity contribution in [3.63, 3.8) is 0 Å². The van der Waals surface area contributed by atoms with E-state index in [0.717, 1.165) is 40.9 Å². The SMILES string of the molecule is Cc1nc2c(c(=O)n1CC#Cc1ccc(Cl)cc1-c1ccnc3c(C(=O)O)csc13)C[C@H](N1CCC[C@]3(C1)CC3(F)F)CC2. The van der Waals surface area contributed by atoms with Crippen LogP contribution in [0.2, 0.25) is 5.02 Å². The highest BCUT2D eigenvalue weighted by Crippen LogP contribution is 2.64. The van der Waals surface area contributed by atoms with Crippen molar-refractivity contribution in [2.45, 2.75) is 64.0 Å². The number of aromatic nitrogens is 3. The molecule has 1 N–H and O–H groups in total. The van der Waals surface area contributed by atoms with Gasteiger partial charge >= 0.3 is 5.97 Å². The van der Waals surface area contributed by atoms with Gasteiger partial charge in [-0.15, -0.1) is 11.3 Å². The average Bonchev–Trinajstić information content (AvgIpc) is 3.29. The molecule has 1 aromatic carbocycles. The highest BCUT2D eigenvalue weighted by molar-refractivity contribution is 7.18. The van der Waals surface area contributed by atoms with Crippen LogP contribution in [0.25, 0.3) is 21.3 Å². The maximum Gasteiger partial charge on any atom is 0.338 e. The average molecular weight is 635 g/mol. The number of aryl methyl sites for hydroxylation is 2. The number of hydrogen-bond acceptors (Lipinski definition) is 6. The summed E-state index contributed by atoms with van der Waals surface area (Å²) < 4.78 is 30.6. The third-order valence-corrected chi connectivity index (χ3v) is 10.7. The first-order chi connectivity index (χ1) is 21.1. The van der Waals surface area contributed by atoms with Gasteiger partial charge < -0.3 is 5.11 Å². The minimum atomic E-state index is -2.57. The number of thiophene rings is 1. The van der Waals surface area contributed by atoms with Crippen LogP contribution >= 0.6 is 22.9 Å². The van der Waals surface area contributed by atoms with Gasteiger partial charge in [0, 0.05) is 57.9 Å². The Kier molecular flexibility index (Phi) is 7.11. The molecule has 1 aliphatic heterocycles. The Morgan fingerprint density at radius 3 is 2.86 bits per heavy atom. The third-order valence-electron chi connectivity index (χ3n) is 9.44. The summed E-state index contributed by atoms with van der Waals surface area (Å²) in [6.45, 7) is 3.12. The molecule has 0 bridgehead atoms. The summed E-state index contributed by atoms with van der Waals surface area (Å²) in [6, 6.07) is 7.21. The van der Waals surface area contributed by atoms with Crippen LogP contribution in [0.3, 0.4) is 0 Å². The van der Waals surface area contributed by atoms with Crippen molar-refractivity contribution in [2.75, 3.05) is 13.1 Å². The molecule has 0 radical (unpaired) electrons. The topological polar surface area (TPSA) is 88.3 Å². The molecule has 7 rings (SSSR count). The molecule has 2 atom stereocenters. The number of pyridine rings is 1. The lowest BCUT2D eigenvalue weighted by Crippen LogP contribution is -2.48. The Hall–Kier alpha value is -3.65. The monoisotopic (exact) mass is 634 g/mol. The summed E-state index contributed by atoms with van der Waals surface area (Å²) in [7, 11) is 0. The van der Waals surface area contributed by atoms with Gasteiger partial charge in [0.25, 0.3) is 11.5 Å². The van der Waals surface area contributed by atoms with E-state index in [9.17, 15) is 23.5 Å². The van der Waals surface area contributed by atoms with E-state index in [2.05, 4.69) is 21.7 Å². The molecule has 3 aliphatic rings. The van der Waals surface area contributed by atoms with Gasteiger partial charge in [-0.2, -0.15) is 0 Å². The maximum atomic E-state index is 14.2. The number of aromatic carboxylic acids is 1. The number of piperidine rings is 1. The van der Waals surface area contributed by atoms with Gasteiger partial charge in [0.2, 0.25) is 0 Å². The number of rotatable bonds is 4. The highest BCUT2D eigenvalue weighted by atomic mass is 35.5. The van der Waals surface area contributed by atoms with E-state index >= 15 is 0 Å². The van der Waals surface area contributed by atoms with Crippen LogP contribution in [-0.2, 0) is 19.4 Å². The van der Waals surface area contributed by atoms with Crippen molar-refractivity contribution in [1.29, 1.82) is 0 Å². The first-order valence-electron chi connectivity index (χ1n) is 14.7. The lowest BCUT2D eigenvalue weighted by molar-refractivity contribution is 0.0105. The number of alkyl halides is 2. The largest absolute Gasteiger partial charge is 0.478 e. The number of carboxylic acid groups (broad SMARTS) is 1. The molecule has 3 aromatic heterocycles. The lowest BCUT2D eigenvalue weighted by Gasteiger charge is -2.40. The van der Waals surface area contributed by atoms with Crippen molar-refractivity contribution in [3.05, 3.63) is 79.4 Å². The molecule has 1 saturated heterocycles. The van der Waals surface area contributed by atoms with Gasteiger partial charge in [-0.1, -0.05) is 23.4 Å². The zero-order valence-electron chi connectivity index (χ0n) is 24.0. The zero-order chi connectivity index (χ0) is 30.8. The fraction of sp³-hybridized carbons (Fsp3) is 0.394. The number of hydrogen-bond donors (Lipinski definition) is 1. The van der Waals surface area contributed by atoms with Crippen LogP contribution in [0.1, 0.15) is 58.7 Å². The number of likely N-dealkylation sites (tertiary alicyclic amines) is 1. The number of carboxylic acids is 1. The maximum absolute atomic E-state index is 14.2. The van der Waals surface area contributed by atoms with Crippen molar-refractivity contribution >= 4 is 39.1 Å². The number of nitrogens with zero attached hydrogens (tertiary/aromatic N) is 4. The number of benzene rings is 1. The van der Waals surface area contributed by atoms with E-state index in [1.165, 1.54) is 11.3 Å². The second-order valence-electron chi connectivity index (χ2n) is 12.1. The molecular weight excluding hydrogens is 606 g/mol. The minimum Gasteiger partial charge on any atom is -0.478 e. The molecule has 4 heterocycles. The standard InChI is InChI=1S/C33H29ClF2N4O3S/c1-19-38-27-8-7-22(39-12-3-10-32(18-39)17-33(32,35)36)15-25(27)30(41)40(19)13-2-4-20-5-6-21(34)14-24(20)23-9-11-37-28-26(31(42)43)16-44-29(23)28/h5-6,9,11,14,16,22H,3,7-8,10,12-13,15,17-18H2,1H3,(H,42,43)/t22-,32-/m1/s1. The van der Waals surface area contributed by atoms with Crippen LogP contribution in [0.5, 0.6) is 0 Å². The van der Waals surface area contributed by atoms with Crippen molar-refractivity contribution in [3.8, 4) is 23.0 Å². The predicted molar refractivity (Wildman–Crippen MR) is 166 cm³/mol. The fourth-order valence-electron chi connectivity index (χ4n) is 6.97. The number of halogens is 3. The first-order valence-corrected chi connectivity index (χ1v) is 15.9. The summed E-state index contributed by atoms with van der Waals surface area (Å²) >= 11 is 7.67. The molecule has 1 saturated carbocycles. The summed E-state index contributed by atoms with van der Waals surface area (Å²) in [4.78, 5) is 36.6. The molecule has 0 amide bonds. The molecule has 2 aliphatic carbocycles. The molecular formula is C33H29ClF2N4O3S. The van der Waals surface area contributed by atoms with Gasteiger partial charge in [0.05, 0.1) is 33.4 Å². The Morgan fingerprint density at radius 1 is 1.27 bits per heavy atom. The zero-order valence-corrected chi connectivity index (χ0v) is 25.6. The quantitative estimate of drug-likeness (QED) is 0.269. The van der Waals surface area contributed by atoms with E-state index < -0.39 is 17.3 Å². The number of fused-ring (bicyclic) bond motifs is 2. The Balaban J connectivity index is 1.16. The van der Waals surface area contributed by atoms with E-state index in [1.54, 1.807) is 35.2 Å². The summed E-state index contributed by atoms with van der Waals surface area (Å²) in [5.41, 5.74) is 3.21. The molecule has 44 heavy (non-hydrogen) atoms. The second-order valence-corrected chi connectivity index (χ2v) is 13.4. The molecule has 7 nitrogen and oxygen atoms in total. The normalized spacial score (nSPS) is 22.4. The smallest absolute Gasteiger partial charge is 0.338 e. The Bertz CT molecular complexity index is 1960. The fourth-order valence-corrected chi connectivity index (χ4v) is 8.17. The molecule has 226 valence electrons. The molecule has 2 fully saturated rings. The van der Waals surface area contributed by atoms with Crippen LogP contribution in [0, 0.1) is 24.2 Å². The molecule has 11 heteroatoms. The van der Waals surface area contributed by atoms with E-state index in [0.29, 0.717) is 53.3 Å². The van der Waals surface area contributed by atoms with E-state index in [1.807, 2.05) is 12.1 Å². The van der Waals surface area contributed by atoms with E-state index in [-0.39, 0.29) is 30.1 Å². The summed E-state index contributed by atoms with van der Waals surface area (Å²) in [5, 5.41) is 11.6. The second kappa shape index (κ2) is 10.8. The highest BCUT2D eigenvalue weighted by Gasteiger charge is 2.71. The van der Waals surface area contributed by atoms with Gasteiger partial charge in [-0.3, -0.25) is 19.2 Å². The first kappa shape index (κ1) is 29.1. The third kappa shape index (κ3) is 4.91. The van der Waals surface area contributed by atoms with Crippen molar-refractivity contribution in [2.24, 2.45) is 5.41 Å². The molecule has 4 aromatic rings. The summed E-state index contributed by atoms with van der Waals surface area (Å²) in [6.07, 6.45) is 4.86. The van der Waals surface area contributed by atoms with Crippen LogP contribution in [0.15, 0.2) is 40.6 Å². The molecule has 0 unspecified atom stereocenters. The van der Waals surface area contributed by atoms with Gasteiger partial charge in [-0.25, -0.2) is 18.6 Å². The van der Waals surface area contributed by atoms with Gasteiger partial charge in [0.15, 0.2) is 0 Å². The van der Waals surface area contributed by atoms with Crippen LogP contribution < -0.4 is 5.56 Å². The van der Waals surface area contributed by atoms with Crippen molar-refractivity contribution < 1.29 is 18.7 Å². The lowest BCUT2D eigenvalue weighted by atomic mass is 9.87. The van der Waals surface area contributed by atoms with Gasteiger partial charge in [0.1, 0.15) is 5.82 Å². The molecule has 1 spiro atoms. The summed E-state index contributed by atoms with van der Waals surface area (Å²) in [5.74, 6) is 3.31. The Morgan fingerprint density at radius 2 is 2.09 bits per heavy atom.